The Balaban J connectivity index is 1.02. The van der Waals surface area contributed by atoms with Gasteiger partial charge in [0.2, 0.25) is 0 Å². The third kappa shape index (κ3) is 6.55. The summed E-state index contributed by atoms with van der Waals surface area (Å²) in [6.07, 6.45) is 5.99. The van der Waals surface area contributed by atoms with Crippen molar-refractivity contribution in [3.63, 3.8) is 0 Å². The highest BCUT2D eigenvalue weighted by atomic mass is 16.6. The fourth-order valence-electron chi connectivity index (χ4n) is 7.72. The molecule has 0 aliphatic carbocycles. The molecule has 12 heteroatoms. The van der Waals surface area contributed by atoms with Crippen LogP contribution in [0.25, 0.3) is 44.4 Å². The summed E-state index contributed by atoms with van der Waals surface area (Å²) in [5.41, 5.74) is 5.12. The van der Waals surface area contributed by atoms with Crippen molar-refractivity contribution in [2.24, 2.45) is 0 Å². The van der Waals surface area contributed by atoms with Crippen molar-refractivity contribution in [1.82, 2.24) is 29.5 Å². The highest BCUT2D eigenvalue weighted by Gasteiger charge is 2.37. The number of H-pyrrole nitrogens is 1. The van der Waals surface area contributed by atoms with Gasteiger partial charge in [-0.2, -0.15) is 4.73 Å². The van der Waals surface area contributed by atoms with E-state index in [-0.39, 0.29) is 18.2 Å². The molecule has 2 amide bonds. The van der Waals surface area contributed by atoms with Crippen LogP contribution < -0.4 is 4.74 Å². The number of likely N-dealkylation sites (tertiary alicyclic amines) is 2. The van der Waals surface area contributed by atoms with Crippen LogP contribution in [0.2, 0.25) is 0 Å². The van der Waals surface area contributed by atoms with E-state index in [4.69, 9.17) is 14.2 Å². The second-order valence-electron chi connectivity index (χ2n) is 16.2. The molecular weight excluding hydrogens is 672 g/mol. The van der Waals surface area contributed by atoms with E-state index in [1.54, 1.807) is 16.0 Å². The molecular formula is C41H46N6O6. The first kappa shape index (κ1) is 34.6. The van der Waals surface area contributed by atoms with E-state index in [9.17, 15) is 14.8 Å². The number of nitrogens with zero attached hydrogens (tertiary/aromatic N) is 5. The number of rotatable bonds is 4. The molecule has 2 atom stereocenters. The fraction of sp³-hybridized carbons (Fsp3) is 0.415. The zero-order valence-corrected chi connectivity index (χ0v) is 31.1. The first-order valence-electron chi connectivity index (χ1n) is 18.4. The number of aromatic nitrogens is 4. The van der Waals surface area contributed by atoms with E-state index in [1.165, 1.54) is 0 Å². The van der Waals surface area contributed by atoms with E-state index in [0.29, 0.717) is 37.6 Å². The molecule has 12 nitrogen and oxygen atoms in total. The number of imidazole rings is 2. The van der Waals surface area contributed by atoms with Crippen LogP contribution in [0.3, 0.4) is 0 Å². The molecule has 2 saturated heterocycles. The lowest BCUT2D eigenvalue weighted by Crippen LogP contribution is -2.37. The Hall–Kier alpha value is -5.52. The smallest absolute Gasteiger partial charge is 0.410 e. The van der Waals surface area contributed by atoms with Gasteiger partial charge in [0.15, 0.2) is 5.82 Å². The van der Waals surface area contributed by atoms with Gasteiger partial charge in [0.1, 0.15) is 35.1 Å². The number of aromatic amines is 1. The molecule has 53 heavy (non-hydrogen) atoms. The number of hydrogen-bond donors (Lipinski definition) is 2. The summed E-state index contributed by atoms with van der Waals surface area (Å²) in [6.45, 7) is 12.7. The molecule has 0 bridgehead atoms. The number of amides is 2. The monoisotopic (exact) mass is 718 g/mol. The van der Waals surface area contributed by atoms with Crippen LogP contribution in [-0.2, 0) is 16.1 Å². The van der Waals surface area contributed by atoms with Crippen LogP contribution in [0.5, 0.6) is 5.75 Å². The van der Waals surface area contributed by atoms with E-state index in [2.05, 4.69) is 51.4 Å². The van der Waals surface area contributed by atoms with E-state index < -0.39 is 17.3 Å². The number of nitrogens with one attached hydrogen (secondary N) is 1. The number of carbonyl (C=O) groups excluding carboxylic acids is 2. The molecule has 0 spiro atoms. The molecule has 0 saturated carbocycles. The van der Waals surface area contributed by atoms with Gasteiger partial charge in [-0.05, 0) is 102 Å². The molecule has 3 aromatic carbocycles. The third-order valence-corrected chi connectivity index (χ3v) is 10.1. The van der Waals surface area contributed by atoms with Gasteiger partial charge in [-0.1, -0.05) is 30.3 Å². The Morgan fingerprint density at radius 2 is 1.47 bits per heavy atom. The topological polar surface area (TPSA) is 135 Å². The summed E-state index contributed by atoms with van der Waals surface area (Å²) in [7, 11) is 0. The molecule has 2 aromatic heterocycles. The number of fused-ring (bicyclic) bond motifs is 5. The van der Waals surface area contributed by atoms with Gasteiger partial charge in [0, 0.05) is 35.2 Å². The number of hydrogen-bond acceptors (Lipinski definition) is 8. The minimum atomic E-state index is -0.613. The maximum atomic E-state index is 12.9. The number of benzene rings is 3. The van der Waals surface area contributed by atoms with E-state index in [0.717, 1.165) is 79.9 Å². The summed E-state index contributed by atoms with van der Waals surface area (Å²) in [6, 6.07) is 16.0. The zero-order chi connectivity index (χ0) is 37.2. The standard InChI is InChI=1S/C41H46N6O6/c1-40(2,3)52-38(48)45-17-7-9-32(45)36-42-21-31(44-36)25-12-15-29-24(19-25)11-16-30-28-14-13-26(20-27(28)23-51-35(29)30)34-22-43-37(47(34)50)33-10-8-18-46(33)39(49)53-41(4,5)6/h11-16,19-22,32-33,50H,7-10,17-18,23H2,1-6H3,(H,42,44)/t32-,33-/m0/s1. The van der Waals surface area contributed by atoms with Crippen molar-refractivity contribution in [3.05, 3.63) is 78.1 Å². The quantitative estimate of drug-likeness (QED) is 0.176. The first-order chi connectivity index (χ1) is 25.2. The molecule has 276 valence electrons. The predicted molar refractivity (Wildman–Crippen MR) is 200 cm³/mol. The van der Waals surface area contributed by atoms with Crippen molar-refractivity contribution in [3.8, 4) is 39.4 Å². The average Bonchev–Trinajstić information content (AvgIpc) is 3.92. The Kier molecular flexibility index (Phi) is 8.38. The van der Waals surface area contributed by atoms with Crippen LogP contribution in [0.15, 0.2) is 60.9 Å². The van der Waals surface area contributed by atoms with Gasteiger partial charge in [-0.15, -0.1) is 0 Å². The minimum absolute atomic E-state index is 0.151. The molecule has 8 rings (SSSR count). The van der Waals surface area contributed by atoms with Crippen LogP contribution >= 0.6 is 0 Å². The third-order valence-electron chi connectivity index (χ3n) is 10.1. The summed E-state index contributed by atoms with van der Waals surface area (Å²) < 4.78 is 18.8. The highest BCUT2D eigenvalue weighted by molar-refractivity contribution is 5.98. The molecule has 5 aromatic rings. The summed E-state index contributed by atoms with van der Waals surface area (Å²) >= 11 is 0. The zero-order valence-electron chi connectivity index (χ0n) is 31.1. The molecule has 3 aliphatic rings. The number of ether oxygens (including phenoxy) is 3. The van der Waals surface area contributed by atoms with Crippen LogP contribution in [0.4, 0.5) is 9.59 Å². The normalized spacial score (nSPS) is 18.5. The van der Waals surface area contributed by atoms with Gasteiger partial charge in [0.05, 0.1) is 30.2 Å². The highest BCUT2D eigenvalue weighted by Crippen LogP contribution is 2.44. The summed E-state index contributed by atoms with van der Waals surface area (Å²) in [5.74, 6) is 2.01. The van der Waals surface area contributed by atoms with Crippen molar-refractivity contribution in [2.45, 2.75) is 97.1 Å². The Labute approximate surface area is 308 Å². The second kappa shape index (κ2) is 12.9. The lowest BCUT2D eigenvalue weighted by molar-refractivity contribution is 0.0196. The van der Waals surface area contributed by atoms with Crippen molar-refractivity contribution in [2.75, 3.05) is 13.1 Å². The van der Waals surface area contributed by atoms with Crippen LogP contribution in [-0.4, -0.2) is 71.2 Å². The average molecular weight is 719 g/mol. The van der Waals surface area contributed by atoms with Gasteiger partial charge < -0.3 is 24.4 Å². The maximum Gasteiger partial charge on any atom is 0.410 e. The van der Waals surface area contributed by atoms with Gasteiger partial charge >= 0.3 is 12.2 Å². The summed E-state index contributed by atoms with van der Waals surface area (Å²) in [5, 5.41) is 13.4. The van der Waals surface area contributed by atoms with Gasteiger partial charge in [-0.25, -0.2) is 19.6 Å². The Morgan fingerprint density at radius 3 is 2.19 bits per heavy atom. The predicted octanol–water partition coefficient (Wildman–Crippen LogP) is 9.03. The fourth-order valence-corrected chi connectivity index (χ4v) is 7.72. The largest absolute Gasteiger partial charge is 0.488 e. The second-order valence-corrected chi connectivity index (χ2v) is 16.2. The maximum absolute atomic E-state index is 12.9. The molecule has 3 aliphatic heterocycles. The molecule has 0 radical (unpaired) electrons. The Bertz CT molecular complexity index is 2230. The van der Waals surface area contributed by atoms with E-state index in [1.807, 2.05) is 59.9 Å². The SMILES string of the molecule is CC(C)(C)OC(=O)N1CCC[C@H]1c1ncc(-c2ccc3c4c(ccc3c2)-c2ccc(-c3cnc([C@@H]5CCCN5C(=O)OC(C)(C)C)n3O)cc2CO4)[nH]1. The molecule has 2 N–H and O–H groups in total. The van der Waals surface area contributed by atoms with Crippen molar-refractivity contribution < 1.29 is 29.0 Å². The molecule has 0 unspecified atom stereocenters. The van der Waals surface area contributed by atoms with Crippen molar-refractivity contribution in [1.29, 1.82) is 0 Å². The number of carbonyl (C=O) groups is 2. The Morgan fingerprint density at radius 1 is 0.811 bits per heavy atom. The van der Waals surface area contributed by atoms with Crippen LogP contribution in [0.1, 0.15) is 96.5 Å². The molecule has 5 heterocycles. The first-order valence-corrected chi connectivity index (χ1v) is 18.4. The molecule has 2 fully saturated rings. The van der Waals surface area contributed by atoms with E-state index >= 15 is 0 Å². The minimum Gasteiger partial charge on any atom is -0.488 e. The van der Waals surface area contributed by atoms with Crippen molar-refractivity contribution >= 4 is 23.0 Å². The van der Waals surface area contributed by atoms with Crippen LogP contribution in [0, 0.1) is 0 Å². The lowest BCUT2D eigenvalue weighted by atomic mass is 9.92. The van der Waals surface area contributed by atoms with Gasteiger partial charge in [-0.3, -0.25) is 9.80 Å². The van der Waals surface area contributed by atoms with Gasteiger partial charge in [0.25, 0.3) is 0 Å². The lowest BCUT2D eigenvalue weighted by Gasteiger charge is -2.28. The summed E-state index contributed by atoms with van der Waals surface area (Å²) in [4.78, 5) is 41.9.